The fraction of sp³-hybridized carbons (Fsp3) is 1.00. The third kappa shape index (κ3) is 4.35. The van der Waals surface area contributed by atoms with Crippen LogP contribution < -0.4 is 5.32 Å². The minimum Gasteiger partial charge on any atom is -0.394 e. The van der Waals surface area contributed by atoms with Gasteiger partial charge in [-0.15, -0.1) is 0 Å². The number of nitrogens with one attached hydrogen (secondary N) is 1. The average Bonchev–Trinajstić information content (AvgIpc) is 2.05. The first-order chi connectivity index (χ1) is 5.18. The summed E-state index contributed by atoms with van der Waals surface area (Å²) in [4.78, 5) is 0. The molecular weight excluding hydrogens is 142 g/mol. The maximum atomic E-state index is 8.86. The third-order valence-corrected chi connectivity index (χ3v) is 1.78. The molecule has 3 heteroatoms. The van der Waals surface area contributed by atoms with Gasteiger partial charge in [-0.05, 0) is 19.9 Å². The second-order valence-electron chi connectivity index (χ2n) is 3.16. The summed E-state index contributed by atoms with van der Waals surface area (Å²) in [6.45, 7) is 4.73. The van der Waals surface area contributed by atoms with Gasteiger partial charge in [0.15, 0.2) is 0 Å². The van der Waals surface area contributed by atoms with Crippen molar-refractivity contribution < 1.29 is 10.2 Å². The number of hydrogen-bond acceptors (Lipinski definition) is 3. The Morgan fingerprint density at radius 1 is 1.27 bits per heavy atom. The van der Waals surface area contributed by atoms with Gasteiger partial charge in [0.05, 0.1) is 18.8 Å². The van der Waals surface area contributed by atoms with Gasteiger partial charge in [-0.2, -0.15) is 0 Å². The molecule has 0 aromatic carbocycles. The van der Waals surface area contributed by atoms with Crippen molar-refractivity contribution in [1.82, 2.24) is 5.32 Å². The molecule has 0 atom stereocenters. The van der Waals surface area contributed by atoms with E-state index < -0.39 is 5.54 Å². The zero-order chi connectivity index (χ0) is 8.74. The first-order valence-electron chi connectivity index (χ1n) is 4.15. The summed E-state index contributed by atoms with van der Waals surface area (Å²) >= 11 is 0. The van der Waals surface area contributed by atoms with E-state index in [9.17, 15) is 0 Å². The second kappa shape index (κ2) is 5.52. The maximum absolute atomic E-state index is 8.86. The van der Waals surface area contributed by atoms with Crippen LogP contribution in [0.5, 0.6) is 0 Å². The van der Waals surface area contributed by atoms with E-state index in [1.807, 2.05) is 6.92 Å². The lowest BCUT2D eigenvalue weighted by atomic mass is 10.1. The molecule has 68 valence electrons. The summed E-state index contributed by atoms with van der Waals surface area (Å²) < 4.78 is 0. The summed E-state index contributed by atoms with van der Waals surface area (Å²) in [6.07, 6.45) is 2.20. The monoisotopic (exact) mass is 161 g/mol. The van der Waals surface area contributed by atoms with Crippen molar-refractivity contribution in [2.75, 3.05) is 19.8 Å². The van der Waals surface area contributed by atoms with Crippen LogP contribution in [0.25, 0.3) is 0 Å². The van der Waals surface area contributed by atoms with Gasteiger partial charge in [-0.1, -0.05) is 13.3 Å². The van der Waals surface area contributed by atoms with Crippen molar-refractivity contribution >= 4 is 0 Å². The van der Waals surface area contributed by atoms with Crippen molar-refractivity contribution in [3.63, 3.8) is 0 Å². The van der Waals surface area contributed by atoms with Gasteiger partial charge in [0.25, 0.3) is 0 Å². The summed E-state index contributed by atoms with van der Waals surface area (Å²) in [5.41, 5.74) is -0.505. The summed E-state index contributed by atoms with van der Waals surface area (Å²) in [6, 6.07) is 0. The number of hydrogen-bond donors (Lipinski definition) is 3. The lowest BCUT2D eigenvalue weighted by molar-refractivity contribution is 0.104. The molecule has 0 aliphatic carbocycles. The van der Waals surface area contributed by atoms with Crippen LogP contribution in [0.4, 0.5) is 0 Å². The standard InChI is InChI=1S/C8H19NO2/c1-3-4-5-9-8(2,6-10)7-11/h9-11H,3-7H2,1-2H3. The molecule has 0 saturated carbocycles. The molecule has 0 radical (unpaired) electrons. The maximum Gasteiger partial charge on any atom is 0.0633 e. The Morgan fingerprint density at radius 2 is 1.82 bits per heavy atom. The molecule has 0 bridgehead atoms. The predicted molar refractivity (Wildman–Crippen MR) is 45.5 cm³/mol. The Morgan fingerprint density at radius 3 is 2.18 bits per heavy atom. The van der Waals surface area contributed by atoms with Crippen molar-refractivity contribution in [2.45, 2.75) is 32.2 Å². The molecule has 0 saturated heterocycles. The van der Waals surface area contributed by atoms with Gasteiger partial charge in [-0.3, -0.25) is 0 Å². The molecule has 0 fully saturated rings. The molecule has 0 amide bonds. The van der Waals surface area contributed by atoms with Gasteiger partial charge in [0.2, 0.25) is 0 Å². The van der Waals surface area contributed by atoms with Gasteiger partial charge < -0.3 is 15.5 Å². The van der Waals surface area contributed by atoms with E-state index in [4.69, 9.17) is 10.2 Å². The highest BCUT2D eigenvalue weighted by Gasteiger charge is 2.20. The highest BCUT2D eigenvalue weighted by atomic mass is 16.3. The molecule has 3 nitrogen and oxygen atoms in total. The Kier molecular flexibility index (Phi) is 5.46. The average molecular weight is 161 g/mol. The van der Waals surface area contributed by atoms with Crippen LogP contribution in [0.2, 0.25) is 0 Å². The Hall–Kier alpha value is -0.120. The van der Waals surface area contributed by atoms with Gasteiger partial charge in [-0.25, -0.2) is 0 Å². The van der Waals surface area contributed by atoms with E-state index in [2.05, 4.69) is 12.2 Å². The van der Waals surface area contributed by atoms with Crippen LogP contribution in [0.15, 0.2) is 0 Å². The minimum atomic E-state index is -0.505. The van der Waals surface area contributed by atoms with Crippen LogP contribution in [-0.4, -0.2) is 35.5 Å². The Balaban J connectivity index is 3.51. The van der Waals surface area contributed by atoms with E-state index in [1.54, 1.807) is 0 Å². The normalized spacial score (nSPS) is 12.0. The number of aliphatic hydroxyl groups excluding tert-OH is 2. The Labute approximate surface area is 68.4 Å². The zero-order valence-corrected chi connectivity index (χ0v) is 7.43. The largest absolute Gasteiger partial charge is 0.394 e. The highest BCUT2D eigenvalue weighted by Crippen LogP contribution is 2.00. The van der Waals surface area contributed by atoms with Crippen LogP contribution in [0.1, 0.15) is 26.7 Å². The van der Waals surface area contributed by atoms with E-state index in [1.165, 1.54) is 0 Å². The molecule has 0 aromatic rings. The van der Waals surface area contributed by atoms with E-state index >= 15 is 0 Å². The molecule has 0 heterocycles. The second-order valence-corrected chi connectivity index (χ2v) is 3.16. The summed E-state index contributed by atoms with van der Waals surface area (Å²) in [5.74, 6) is 0. The van der Waals surface area contributed by atoms with Gasteiger partial charge in [0, 0.05) is 0 Å². The molecule has 0 aliphatic heterocycles. The molecular formula is C8H19NO2. The summed E-state index contributed by atoms with van der Waals surface area (Å²) in [7, 11) is 0. The van der Waals surface area contributed by atoms with Crippen LogP contribution in [-0.2, 0) is 0 Å². The van der Waals surface area contributed by atoms with Crippen LogP contribution in [0, 0.1) is 0 Å². The molecule has 0 spiro atoms. The first kappa shape index (κ1) is 10.9. The minimum absolute atomic E-state index is 0.0206. The van der Waals surface area contributed by atoms with E-state index in [0.717, 1.165) is 19.4 Å². The SMILES string of the molecule is CCCCNC(C)(CO)CO. The molecule has 0 rings (SSSR count). The van der Waals surface area contributed by atoms with Crippen molar-refractivity contribution in [1.29, 1.82) is 0 Å². The van der Waals surface area contributed by atoms with E-state index in [-0.39, 0.29) is 13.2 Å². The van der Waals surface area contributed by atoms with E-state index in [0.29, 0.717) is 0 Å². The molecule has 0 aromatic heterocycles. The van der Waals surface area contributed by atoms with Crippen molar-refractivity contribution in [3.8, 4) is 0 Å². The van der Waals surface area contributed by atoms with Crippen molar-refractivity contribution in [2.24, 2.45) is 0 Å². The van der Waals surface area contributed by atoms with Gasteiger partial charge >= 0.3 is 0 Å². The summed E-state index contributed by atoms with van der Waals surface area (Å²) in [5, 5.41) is 20.8. The van der Waals surface area contributed by atoms with Crippen LogP contribution in [0.3, 0.4) is 0 Å². The lowest BCUT2D eigenvalue weighted by Crippen LogP contribution is -2.49. The van der Waals surface area contributed by atoms with Crippen LogP contribution >= 0.6 is 0 Å². The molecule has 11 heavy (non-hydrogen) atoms. The van der Waals surface area contributed by atoms with Gasteiger partial charge in [0.1, 0.15) is 0 Å². The lowest BCUT2D eigenvalue weighted by Gasteiger charge is -2.26. The zero-order valence-electron chi connectivity index (χ0n) is 7.43. The molecule has 3 N–H and O–H groups in total. The fourth-order valence-electron chi connectivity index (χ4n) is 0.729. The number of aliphatic hydroxyl groups is 2. The Bertz CT molecular complexity index is 92.1. The number of rotatable bonds is 6. The molecule has 0 aliphatic rings. The topological polar surface area (TPSA) is 52.5 Å². The number of unbranched alkanes of at least 4 members (excludes halogenated alkanes) is 1. The highest BCUT2D eigenvalue weighted by molar-refractivity contribution is 4.80. The fourth-order valence-corrected chi connectivity index (χ4v) is 0.729. The first-order valence-corrected chi connectivity index (χ1v) is 4.15. The molecule has 0 unspecified atom stereocenters. The van der Waals surface area contributed by atoms with Crippen molar-refractivity contribution in [3.05, 3.63) is 0 Å². The predicted octanol–water partition coefficient (Wildman–Crippen LogP) is 0.119. The quantitative estimate of drug-likeness (QED) is 0.485. The smallest absolute Gasteiger partial charge is 0.0633 e. The third-order valence-electron chi connectivity index (χ3n) is 1.78.